The van der Waals surface area contributed by atoms with E-state index >= 15 is 0 Å². The standard InChI is InChI=1S/C22H32/c1-4-6-8-22-14-20(3)9-16-15-11-21(7-5-2,12-18(16)22)13-19(22)17(15)10-20/h15-19H,4,6,8-14H2,1-3H3. The smallest absolute Gasteiger partial charge is 0.0323 e. The van der Waals surface area contributed by atoms with Gasteiger partial charge in [-0.3, -0.25) is 0 Å². The number of hydrogen-bond acceptors (Lipinski definition) is 0. The van der Waals surface area contributed by atoms with Gasteiger partial charge in [0.1, 0.15) is 0 Å². The summed E-state index contributed by atoms with van der Waals surface area (Å²) >= 11 is 0. The van der Waals surface area contributed by atoms with Crippen molar-refractivity contribution < 1.29 is 0 Å². The molecule has 0 nitrogen and oxygen atoms in total. The molecule has 7 aliphatic carbocycles. The minimum Gasteiger partial charge on any atom is -0.106 e. The van der Waals surface area contributed by atoms with Crippen molar-refractivity contribution in [3.8, 4) is 11.8 Å². The first-order valence-corrected chi connectivity index (χ1v) is 9.99. The third-order valence-corrected chi connectivity index (χ3v) is 9.06. The molecule has 0 radical (unpaired) electrons. The Bertz CT molecular complexity index is 534. The van der Waals surface area contributed by atoms with Gasteiger partial charge in [0.2, 0.25) is 0 Å². The summed E-state index contributed by atoms with van der Waals surface area (Å²) in [5, 5.41) is 0. The topological polar surface area (TPSA) is 0 Å². The third kappa shape index (κ3) is 1.48. The Morgan fingerprint density at radius 2 is 1.64 bits per heavy atom. The predicted molar refractivity (Wildman–Crippen MR) is 91.1 cm³/mol. The van der Waals surface area contributed by atoms with Gasteiger partial charge < -0.3 is 0 Å². The Labute approximate surface area is 136 Å². The summed E-state index contributed by atoms with van der Waals surface area (Å²) in [6.07, 6.45) is 13.5. The maximum absolute atomic E-state index is 3.75. The molecular weight excluding hydrogens is 264 g/mol. The van der Waals surface area contributed by atoms with Crippen molar-refractivity contribution in [2.24, 2.45) is 45.8 Å². The second kappa shape index (κ2) is 4.15. The summed E-state index contributed by atoms with van der Waals surface area (Å²) < 4.78 is 0. The lowest BCUT2D eigenvalue weighted by Gasteiger charge is -2.78. The number of rotatable bonds is 3. The molecule has 0 spiro atoms. The van der Waals surface area contributed by atoms with Gasteiger partial charge in [-0.15, -0.1) is 5.92 Å². The maximum atomic E-state index is 3.75. The van der Waals surface area contributed by atoms with Crippen molar-refractivity contribution in [1.29, 1.82) is 0 Å². The minimum absolute atomic E-state index is 0.447. The summed E-state index contributed by atoms with van der Waals surface area (Å²) in [5.74, 6) is 12.4. The molecule has 22 heavy (non-hydrogen) atoms. The van der Waals surface area contributed by atoms with E-state index in [0.717, 1.165) is 35.0 Å². The van der Waals surface area contributed by atoms with Crippen molar-refractivity contribution >= 4 is 0 Å². The van der Waals surface area contributed by atoms with Crippen LogP contribution in [-0.2, 0) is 0 Å². The molecule has 120 valence electrons. The van der Waals surface area contributed by atoms with E-state index in [-0.39, 0.29) is 0 Å². The summed E-state index contributed by atoms with van der Waals surface area (Å²) in [7, 11) is 0. The highest BCUT2D eigenvalue weighted by Gasteiger charge is 2.74. The predicted octanol–water partition coefficient (Wildman–Crippen LogP) is 5.67. The Morgan fingerprint density at radius 3 is 2.23 bits per heavy atom. The zero-order valence-electron chi connectivity index (χ0n) is 14.8. The molecule has 0 aromatic carbocycles. The van der Waals surface area contributed by atoms with Crippen molar-refractivity contribution in [2.75, 3.05) is 0 Å². The molecule has 0 amide bonds. The lowest BCUT2D eigenvalue weighted by atomic mass is 9.26. The van der Waals surface area contributed by atoms with Crippen LogP contribution in [0, 0.1) is 57.7 Å². The zero-order chi connectivity index (χ0) is 15.2. The minimum atomic E-state index is 0.447. The first kappa shape index (κ1) is 13.9. The SMILES string of the molecule is CC#CC12CC3C4CC5(C)CC3C(C1)C(CCCC)(C5)C4C2. The van der Waals surface area contributed by atoms with Gasteiger partial charge in [0.15, 0.2) is 0 Å². The monoisotopic (exact) mass is 296 g/mol. The molecule has 0 saturated heterocycles. The van der Waals surface area contributed by atoms with Crippen LogP contribution in [0.2, 0.25) is 0 Å². The second-order valence-electron chi connectivity index (χ2n) is 10.2. The molecule has 7 saturated carbocycles. The Hall–Kier alpha value is -0.440. The molecular formula is C22H32. The third-order valence-electron chi connectivity index (χ3n) is 9.06. The van der Waals surface area contributed by atoms with Gasteiger partial charge in [0.25, 0.3) is 0 Å². The average Bonchev–Trinajstić information content (AvgIpc) is 2.49. The van der Waals surface area contributed by atoms with E-state index in [0.29, 0.717) is 10.8 Å². The molecule has 0 aromatic heterocycles. The molecule has 0 heterocycles. The Morgan fingerprint density at radius 1 is 0.955 bits per heavy atom. The highest BCUT2D eigenvalue weighted by atomic mass is 14.8. The summed E-state index contributed by atoms with van der Waals surface area (Å²) in [6, 6.07) is 0. The van der Waals surface area contributed by atoms with Crippen LogP contribution in [0.25, 0.3) is 0 Å². The zero-order valence-corrected chi connectivity index (χ0v) is 14.8. The highest BCUT2D eigenvalue weighted by Crippen LogP contribution is 2.81. The fraction of sp³-hybridized carbons (Fsp3) is 0.909. The molecule has 4 atom stereocenters. The van der Waals surface area contributed by atoms with Gasteiger partial charge in [-0.25, -0.2) is 0 Å². The van der Waals surface area contributed by atoms with Gasteiger partial charge in [0, 0.05) is 5.41 Å². The van der Waals surface area contributed by atoms with Crippen LogP contribution < -0.4 is 0 Å². The van der Waals surface area contributed by atoms with E-state index in [4.69, 9.17) is 0 Å². The van der Waals surface area contributed by atoms with Gasteiger partial charge in [-0.2, -0.15) is 0 Å². The van der Waals surface area contributed by atoms with Crippen LogP contribution in [0.5, 0.6) is 0 Å². The van der Waals surface area contributed by atoms with Crippen molar-refractivity contribution in [1.82, 2.24) is 0 Å². The van der Waals surface area contributed by atoms with E-state index < -0.39 is 0 Å². The summed E-state index contributed by atoms with van der Waals surface area (Å²) in [6.45, 7) is 7.12. The van der Waals surface area contributed by atoms with Gasteiger partial charge >= 0.3 is 0 Å². The lowest BCUT2D eigenvalue weighted by Crippen LogP contribution is -2.71. The molecule has 8 bridgehead atoms. The van der Waals surface area contributed by atoms with E-state index in [1.165, 1.54) is 32.1 Å². The first-order valence-electron chi connectivity index (χ1n) is 9.99. The maximum Gasteiger partial charge on any atom is 0.0323 e. The van der Waals surface area contributed by atoms with Crippen LogP contribution in [-0.4, -0.2) is 0 Å². The Balaban J connectivity index is 1.61. The Kier molecular flexibility index (Phi) is 2.63. The van der Waals surface area contributed by atoms with Gasteiger partial charge in [-0.05, 0) is 92.3 Å². The fourth-order valence-electron chi connectivity index (χ4n) is 8.99. The van der Waals surface area contributed by atoms with Crippen molar-refractivity contribution in [2.45, 2.75) is 78.6 Å². The van der Waals surface area contributed by atoms with Crippen LogP contribution >= 0.6 is 0 Å². The largest absolute Gasteiger partial charge is 0.106 e. The van der Waals surface area contributed by atoms with Crippen molar-refractivity contribution in [3.63, 3.8) is 0 Å². The number of hydrogen-bond donors (Lipinski definition) is 0. The normalized spacial score (nSPS) is 59.7. The molecule has 7 aliphatic rings. The van der Waals surface area contributed by atoms with Crippen LogP contribution in [0.3, 0.4) is 0 Å². The second-order valence-corrected chi connectivity index (χ2v) is 10.2. The molecule has 0 aliphatic heterocycles. The van der Waals surface area contributed by atoms with E-state index in [2.05, 4.69) is 32.6 Å². The molecule has 0 aromatic rings. The molecule has 7 fully saturated rings. The average molecular weight is 296 g/mol. The van der Waals surface area contributed by atoms with Crippen LogP contribution in [0.15, 0.2) is 0 Å². The summed E-state index contributed by atoms with van der Waals surface area (Å²) in [4.78, 5) is 0. The molecule has 0 heteroatoms. The molecule has 0 N–H and O–H groups in total. The first-order chi connectivity index (χ1) is 10.5. The van der Waals surface area contributed by atoms with Crippen LogP contribution in [0.1, 0.15) is 78.6 Å². The lowest BCUT2D eigenvalue weighted by molar-refractivity contribution is -0.291. The van der Waals surface area contributed by atoms with Gasteiger partial charge in [-0.1, -0.05) is 32.6 Å². The number of unbranched alkanes of at least 4 members (excludes halogenated alkanes) is 1. The van der Waals surface area contributed by atoms with Crippen LogP contribution in [0.4, 0.5) is 0 Å². The fourth-order valence-corrected chi connectivity index (χ4v) is 8.99. The van der Waals surface area contributed by atoms with Crippen molar-refractivity contribution in [3.05, 3.63) is 0 Å². The van der Waals surface area contributed by atoms with E-state index in [9.17, 15) is 0 Å². The summed E-state index contributed by atoms with van der Waals surface area (Å²) in [5.41, 5.74) is 1.90. The van der Waals surface area contributed by atoms with E-state index in [1.54, 1.807) is 25.7 Å². The molecule has 7 rings (SSSR count). The quantitative estimate of drug-likeness (QED) is 0.589. The van der Waals surface area contributed by atoms with E-state index in [1.807, 2.05) is 0 Å². The molecule has 4 unspecified atom stereocenters. The highest BCUT2D eigenvalue weighted by molar-refractivity contribution is 5.28. The van der Waals surface area contributed by atoms with Gasteiger partial charge in [0.05, 0.1) is 0 Å².